The Balaban J connectivity index is 1.69. The van der Waals surface area contributed by atoms with Crippen molar-refractivity contribution in [2.45, 2.75) is 26.3 Å². The molecule has 3 rings (SSSR count). The molecule has 122 valence electrons. The lowest BCUT2D eigenvalue weighted by atomic mass is 10.1. The normalized spacial score (nSPS) is 10.5. The Bertz CT molecular complexity index is 819. The highest BCUT2D eigenvalue weighted by molar-refractivity contribution is 7.08. The Morgan fingerprint density at radius 2 is 2.04 bits per heavy atom. The summed E-state index contributed by atoms with van der Waals surface area (Å²) in [5, 5.41) is 6.96. The lowest BCUT2D eigenvalue weighted by Gasteiger charge is -2.06. The molecule has 0 atom stereocenters. The fourth-order valence-electron chi connectivity index (χ4n) is 2.31. The van der Waals surface area contributed by atoms with Gasteiger partial charge in [-0.05, 0) is 47.8 Å². The summed E-state index contributed by atoms with van der Waals surface area (Å²) < 4.78 is 3.89. The van der Waals surface area contributed by atoms with Crippen molar-refractivity contribution < 1.29 is 4.79 Å². The van der Waals surface area contributed by atoms with Crippen molar-refractivity contribution in [2.24, 2.45) is 0 Å². The Kier molecular flexibility index (Phi) is 5.22. The van der Waals surface area contributed by atoms with Gasteiger partial charge in [-0.1, -0.05) is 17.8 Å². The molecule has 6 nitrogen and oxygen atoms in total. The van der Waals surface area contributed by atoms with Crippen LogP contribution in [0.2, 0.25) is 0 Å². The largest absolute Gasteiger partial charge is 0.347 e. The van der Waals surface area contributed by atoms with Crippen molar-refractivity contribution in [1.82, 2.24) is 24.9 Å². The molecule has 0 spiro atoms. The number of carbonyl (C=O) groups excluding carboxylic acids is 1. The van der Waals surface area contributed by atoms with Gasteiger partial charge in [-0.2, -0.15) is 0 Å². The molecule has 0 radical (unpaired) electrons. The Morgan fingerprint density at radius 1 is 1.21 bits per heavy atom. The van der Waals surface area contributed by atoms with E-state index in [4.69, 9.17) is 0 Å². The number of hydrogen-bond donors (Lipinski definition) is 1. The first-order chi connectivity index (χ1) is 11.8. The second kappa shape index (κ2) is 7.74. The third kappa shape index (κ3) is 3.80. The fraction of sp³-hybridized carbons (Fsp3) is 0.235. The maximum atomic E-state index is 12.3. The van der Waals surface area contributed by atoms with Crippen LogP contribution in [-0.4, -0.2) is 25.5 Å². The predicted molar refractivity (Wildman–Crippen MR) is 92.5 cm³/mol. The van der Waals surface area contributed by atoms with Crippen molar-refractivity contribution in [3.63, 3.8) is 0 Å². The molecule has 3 heterocycles. The van der Waals surface area contributed by atoms with Gasteiger partial charge in [0, 0.05) is 30.7 Å². The van der Waals surface area contributed by atoms with Crippen molar-refractivity contribution in [2.75, 3.05) is 0 Å². The van der Waals surface area contributed by atoms with E-state index in [9.17, 15) is 4.79 Å². The molecule has 0 aromatic carbocycles. The minimum absolute atomic E-state index is 0.129. The molecular weight excluding hydrogens is 322 g/mol. The van der Waals surface area contributed by atoms with Gasteiger partial charge in [-0.25, -0.2) is 0 Å². The number of pyridine rings is 2. The summed E-state index contributed by atoms with van der Waals surface area (Å²) in [4.78, 5) is 21.3. The SMILES string of the molecule is CCCc1nnsc1C(=O)NCc1ccnc(-c2ccncc2)c1. The van der Waals surface area contributed by atoms with E-state index in [1.807, 2.05) is 24.3 Å². The molecule has 24 heavy (non-hydrogen) atoms. The first-order valence-corrected chi connectivity index (χ1v) is 8.50. The number of aromatic nitrogens is 4. The molecule has 3 aromatic heterocycles. The highest BCUT2D eigenvalue weighted by atomic mass is 32.1. The van der Waals surface area contributed by atoms with E-state index in [-0.39, 0.29) is 5.91 Å². The van der Waals surface area contributed by atoms with Crippen molar-refractivity contribution in [3.05, 3.63) is 59.0 Å². The molecule has 0 aliphatic heterocycles. The van der Waals surface area contributed by atoms with E-state index < -0.39 is 0 Å². The molecule has 0 unspecified atom stereocenters. The van der Waals surface area contributed by atoms with Gasteiger partial charge in [0.25, 0.3) is 5.91 Å². The molecule has 0 aliphatic rings. The van der Waals surface area contributed by atoms with E-state index in [0.717, 1.165) is 46.9 Å². The van der Waals surface area contributed by atoms with Crippen LogP contribution in [0.1, 0.15) is 34.3 Å². The van der Waals surface area contributed by atoms with Crippen LogP contribution in [0.4, 0.5) is 0 Å². The summed E-state index contributed by atoms with van der Waals surface area (Å²) in [6.07, 6.45) is 6.91. The average Bonchev–Trinajstić information content (AvgIpc) is 3.09. The van der Waals surface area contributed by atoms with Crippen molar-refractivity contribution >= 4 is 17.4 Å². The van der Waals surface area contributed by atoms with Crippen LogP contribution in [-0.2, 0) is 13.0 Å². The zero-order valence-corrected chi connectivity index (χ0v) is 14.1. The number of hydrogen-bond acceptors (Lipinski definition) is 6. The van der Waals surface area contributed by atoms with Crippen LogP contribution in [0.5, 0.6) is 0 Å². The van der Waals surface area contributed by atoms with Crippen LogP contribution in [0.25, 0.3) is 11.3 Å². The van der Waals surface area contributed by atoms with Crippen LogP contribution in [0, 0.1) is 0 Å². The van der Waals surface area contributed by atoms with Crippen molar-refractivity contribution in [3.8, 4) is 11.3 Å². The number of amides is 1. The van der Waals surface area contributed by atoms with Gasteiger partial charge in [-0.3, -0.25) is 14.8 Å². The summed E-state index contributed by atoms with van der Waals surface area (Å²) in [6, 6.07) is 7.67. The minimum Gasteiger partial charge on any atom is -0.347 e. The second-order valence-corrected chi connectivity index (χ2v) is 6.02. The quantitative estimate of drug-likeness (QED) is 0.747. The maximum absolute atomic E-state index is 12.3. The molecule has 0 bridgehead atoms. The Hall–Kier alpha value is -2.67. The van der Waals surface area contributed by atoms with E-state index in [1.54, 1.807) is 18.6 Å². The summed E-state index contributed by atoms with van der Waals surface area (Å²) >= 11 is 1.14. The van der Waals surface area contributed by atoms with Crippen LogP contribution in [0.3, 0.4) is 0 Å². The van der Waals surface area contributed by atoms with Gasteiger partial charge in [0.2, 0.25) is 0 Å². The molecule has 1 amide bonds. The minimum atomic E-state index is -0.129. The number of nitrogens with one attached hydrogen (secondary N) is 1. The molecule has 3 aromatic rings. The topological polar surface area (TPSA) is 80.7 Å². The fourth-order valence-corrected chi connectivity index (χ4v) is 2.93. The molecular formula is C17H17N5OS. The zero-order chi connectivity index (χ0) is 16.8. The first-order valence-electron chi connectivity index (χ1n) is 7.72. The van der Waals surface area contributed by atoms with Crippen LogP contribution >= 0.6 is 11.5 Å². The van der Waals surface area contributed by atoms with Gasteiger partial charge >= 0.3 is 0 Å². The number of aryl methyl sites for hydroxylation is 1. The number of nitrogens with zero attached hydrogens (tertiary/aromatic N) is 4. The monoisotopic (exact) mass is 339 g/mol. The molecule has 0 saturated heterocycles. The Labute approximate surface area is 144 Å². The summed E-state index contributed by atoms with van der Waals surface area (Å²) in [6.45, 7) is 2.49. The number of rotatable bonds is 6. The third-order valence-electron chi connectivity index (χ3n) is 3.50. The zero-order valence-electron chi connectivity index (χ0n) is 13.3. The van der Waals surface area contributed by atoms with Gasteiger partial charge in [0.1, 0.15) is 4.88 Å². The van der Waals surface area contributed by atoms with E-state index in [2.05, 4.69) is 31.8 Å². The molecule has 7 heteroatoms. The van der Waals surface area contributed by atoms with Crippen LogP contribution in [0.15, 0.2) is 42.9 Å². The van der Waals surface area contributed by atoms with Crippen LogP contribution < -0.4 is 5.32 Å². The van der Waals surface area contributed by atoms with E-state index in [1.165, 1.54) is 0 Å². The lowest BCUT2D eigenvalue weighted by Crippen LogP contribution is -2.23. The highest BCUT2D eigenvalue weighted by Gasteiger charge is 2.15. The summed E-state index contributed by atoms with van der Waals surface area (Å²) in [5.74, 6) is -0.129. The summed E-state index contributed by atoms with van der Waals surface area (Å²) in [5.41, 5.74) is 3.61. The highest BCUT2D eigenvalue weighted by Crippen LogP contribution is 2.17. The molecule has 1 N–H and O–H groups in total. The maximum Gasteiger partial charge on any atom is 0.265 e. The first kappa shape index (κ1) is 16.2. The average molecular weight is 339 g/mol. The lowest BCUT2D eigenvalue weighted by molar-refractivity contribution is 0.0954. The van der Waals surface area contributed by atoms with Gasteiger partial charge in [0.15, 0.2) is 0 Å². The molecule has 0 fully saturated rings. The van der Waals surface area contributed by atoms with Gasteiger partial charge in [-0.15, -0.1) is 5.10 Å². The smallest absolute Gasteiger partial charge is 0.265 e. The second-order valence-electron chi connectivity index (χ2n) is 5.27. The van der Waals surface area contributed by atoms with E-state index >= 15 is 0 Å². The summed E-state index contributed by atoms with van der Waals surface area (Å²) in [7, 11) is 0. The van der Waals surface area contributed by atoms with Crippen molar-refractivity contribution in [1.29, 1.82) is 0 Å². The number of carbonyl (C=O) groups is 1. The van der Waals surface area contributed by atoms with Gasteiger partial charge < -0.3 is 5.32 Å². The standard InChI is InChI=1S/C17H17N5OS/c1-2-3-14-16(24-22-21-14)17(23)20-11-12-4-9-19-15(10-12)13-5-7-18-8-6-13/h4-10H,2-3,11H2,1H3,(H,20,23). The Morgan fingerprint density at radius 3 is 2.83 bits per heavy atom. The third-order valence-corrected chi connectivity index (χ3v) is 4.27. The molecule has 0 aliphatic carbocycles. The predicted octanol–water partition coefficient (Wildman–Crippen LogP) is 2.88. The van der Waals surface area contributed by atoms with Gasteiger partial charge in [0.05, 0.1) is 11.4 Å². The van der Waals surface area contributed by atoms with E-state index in [0.29, 0.717) is 11.4 Å². The molecule has 0 saturated carbocycles.